The number of aromatic nitrogens is 3. The van der Waals surface area contributed by atoms with Crippen molar-refractivity contribution in [3.05, 3.63) is 60.0 Å². The maximum atomic E-state index is 4.46. The van der Waals surface area contributed by atoms with Crippen molar-refractivity contribution in [1.82, 2.24) is 14.5 Å². The second-order valence-corrected chi connectivity index (χ2v) is 4.75. The molecule has 4 rings (SSSR count). The highest BCUT2D eigenvalue weighted by atomic mass is 15.1. The lowest BCUT2D eigenvalue weighted by Gasteiger charge is -2.13. The third-order valence-electron chi connectivity index (χ3n) is 3.77. The molecule has 0 spiro atoms. The number of fused-ring (bicyclic) bond motifs is 2. The topological polar surface area (TPSA) is 30.7 Å². The van der Waals surface area contributed by atoms with Crippen molar-refractivity contribution in [2.45, 2.75) is 18.9 Å². The van der Waals surface area contributed by atoms with E-state index in [-0.39, 0.29) is 0 Å². The van der Waals surface area contributed by atoms with Crippen molar-refractivity contribution in [2.24, 2.45) is 0 Å². The van der Waals surface area contributed by atoms with Gasteiger partial charge in [-0.05, 0) is 36.1 Å². The molecule has 0 radical (unpaired) electrons. The second-order valence-electron chi connectivity index (χ2n) is 4.75. The van der Waals surface area contributed by atoms with Crippen molar-refractivity contribution in [3.63, 3.8) is 0 Å². The Balaban J connectivity index is 1.90. The summed E-state index contributed by atoms with van der Waals surface area (Å²) in [4.78, 5) is 8.90. The van der Waals surface area contributed by atoms with Crippen LogP contribution in [0.1, 0.15) is 23.6 Å². The zero-order valence-electron chi connectivity index (χ0n) is 9.95. The van der Waals surface area contributed by atoms with E-state index in [9.17, 15) is 0 Å². The van der Waals surface area contributed by atoms with Crippen LogP contribution in [0, 0.1) is 0 Å². The lowest BCUT2D eigenvalue weighted by molar-refractivity contribution is 0.591. The Bertz CT molecular complexity index is 714. The van der Waals surface area contributed by atoms with Gasteiger partial charge in [0, 0.05) is 6.20 Å². The van der Waals surface area contributed by atoms with Gasteiger partial charge in [0.05, 0.1) is 12.4 Å². The maximum absolute atomic E-state index is 4.46. The molecular weight excluding hydrogens is 222 g/mol. The monoisotopic (exact) mass is 235 g/mol. The first-order valence-corrected chi connectivity index (χ1v) is 6.29. The van der Waals surface area contributed by atoms with E-state index in [1.807, 2.05) is 24.7 Å². The maximum Gasteiger partial charge on any atom is 0.160 e. The number of hydrogen-bond donors (Lipinski definition) is 0. The zero-order chi connectivity index (χ0) is 11.9. The summed E-state index contributed by atoms with van der Waals surface area (Å²) in [7, 11) is 0. The number of hydrogen-bond acceptors (Lipinski definition) is 2. The summed E-state index contributed by atoms with van der Waals surface area (Å²) in [5, 5.41) is 0. The molecule has 1 aliphatic rings. The molecule has 3 nitrogen and oxygen atoms in total. The van der Waals surface area contributed by atoms with E-state index < -0.39 is 0 Å². The van der Waals surface area contributed by atoms with Crippen molar-refractivity contribution >= 4 is 11.2 Å². The fourth-order valence-corrected chi connectivity index (χ4v) is 2.92. The van der Waals surface area contributed by atoms with Gasteiger partial charge < -0.3 is 4.57 Å². The molecule has 3 aromatic rings. The quantitative estimate of drug-likeness (QED) is 0.649. The van der Waals surface area contributed by atoms with E-state index in [2.05, 4.69) is 38.8 Å². The minimum absolute atomic E-state index is 0.390. The second kappa shape index (κ2) is 3.67. The summed E-state index contributed by atoms with van der Waals surface area (Å²) in [5.41, 5.74) is 4.84. The predicted molar refractivity (Wildman–Crippen MR) is 70.4 cm³/mol. The summed E-state index contributed by atoms with van der Waals surface area (Å²) < 4.78 is 2.21. The van der Waals surface area contributed by atoms with Gasteiger partial charge in [-0.15, -0.1) is 0 Å². The Labute approximate surface area is 105 Å². The van der Waals surface area contributed by atoms with Crippen LogP contribution in [0.15, 0.2) is 48.9 Å². The standard InChI is InChI=1S/C15H13N3/c1-2-5-12-11(4-1)7-8-14(12)18-10-17-13-6-3-9-16-15(13)18/h1-6,9-10,14H,7-8H2. The molecule has 0 bridgehead atoms. The highest BCUT2D eigenvalue weighted by Crippen LogP contribution is 2.35. The van der Waals surface area contributed by atoms with Crippen molar-refractivity contribution in [2.75, 3.05) is 0 Å². The summed E-state index contributed by atoms with van der Waals surface area (Å²) in [6, 6.07) is 13.0. The number of aryl methyl sites for hydroxylation is 1. The number of imidazole rings is 1. The van der Waals surface area contributed by atoms with Crippen LogP contribution < -0.4 is 0 Å². The van der Waals surface area contributed by atoms with E-state index >= 15 is 0 Å². The number of pyridine rings is 1. The minimum atomic E-state index is 0.390. The van der Waals surface area contributed by atoms with Crippen LogP contribution in [-0.4, -0.2) is 14.5 Å². The summed E-state index contributed by atoms with van der Waals surface area (Å²) >= 11 is 0. The molecule has 2 aromatic heterocycles. The van der Waals surface area contributed by atoms with Gasteiger partial charge in [0.25, 0.3) is 0 Å². The van der Waals surface area contributed by atoms with E-state index in [1.165, 1.54) is 11.1 Å². The summed E-state index contributed by atoms with van der Waals surface area (Å²) in [5.74, 6) is 0. The number of rotatable bonds is 1. The molecule has 1 aromatic carbocycles. The number of nitrogens with zero attached hydrogens (tertiary/aromatic N) is 3. The Kier molecular flexibility index (Phi) is 2.00. The third-order valence-corrected chi connectivity index (χ3v) is 3.77. The van der Waals surface area contributed by atoms with Gasteiger partial charge in [0.15, 0.2) is 5.65 Å². The van der Waals surface area contributed by atoms with Crippen molar-refractivity contribution in [1.29, 1.82) is 0 Å². The van der Waals surface area contributed by atoms with E-state index in [4.69, 9.17) is 0 Å². The first-order valence-electron chi connectivity index (χ1n) is 6.29. The molecule has 0 saturated heterocycles. The van der Waals surface area contributed by atoms with Crippen LogP contribution in [0.2, 0.25) is 0 Å². The predicted octanol–water partition coefficient (Wildman–Crippen LogP) is 2.97. The zero-order valence-corrected chi connectivity index (χ0v) is 9.95. The smallest absolute Gasteiger partial charge is 0.160 e. The first kappa shape index (κ1) is 9.83. The lowest BCUT2D eigenvalue weighted by atomic mass is 10.1. The normalized spacial score (nSPS) is 18.1. The van der Waals surface area contributed by atoms with Gasteiger partial charge in [-0.25, -0.2) is 9.97 Å². The van der Waals surface area contributed by atoms with Crippen LogP contribution in [0.3, 0.4) is 0 Å². The summed E-state index contributed by atoms with van der Waals surface area (Å²) in [6.07, 6.45) is 6.04. The van der Waals surface area contributed by atoms with Gasteiger partial charge in [-0.1, -0.05) is 24.3 Å². The van der Waals surface area contributed by atoms with Crippen LogP contribution in [0.4, 0.5) is 0 Å². The van der Waals surface area contributed by atoms with E-state index in [0.717, 1.165) is 24.0 Å². The molecule has 0 amide bonds. The first-order chi connectivity index (χ1) is 8.93. The Morgan fingerprint density at radius 2 is 2.00 bits per heavy atom. The van der Waals surface area contributed by atoms with Gasteiger partial charge in [0.1, 0.15) is 5.52 Å². The fourth-order valence-electron chi connectivity index (χ4n) is 2.92. The molecular formula is C15H13N3. The molecule has 1 aliphatic carbocycles. The third kappa shape index (κ3) is 1.30. The Morgan fingerprint density at radius 1 is 1.06 bits per heavy atom. The highest BCUT2D eigenvalue weighted by molar-refractivity contribution is 5.70. The largest absolute Gasteiger partial charge is 0.308 e. The minimum Gasteiger partial charge on any atom is -0.308 e. The highest BCUT2D eigenvalue weighted by Gasteiger charge is 2.24. The van der Waals surface area contributed by atoms with Crippen LogP contribution in [0.5, 0.6) is 0 Å². The van der Waals surface area contributed by atoms with Gasteiger partial charge in [-0.2, -0.15) is 0 Å². The molecule has 2 heterocycles. The van der Waals surface area contributed by atoms with Crippen LogP contribution in [-0.2, 0) is 6.42 Å². The molecule has 0 N–H and O–H groups in total. The van der Waals surface area contributed by atoms with Crippen molar-refractivity contribution in [3.8, 4) is 0 Å². The summed E-state index contributed by atoms with van der Waals surface area (Å²) in [6.45, 7) is 0. The fraction of sp³-hybridized carbons (Fsp3) is 0.200. The van der Waals surface area contributed by atoms with E-state index in [0.29, 0.717) is 6.04 Å². The molecule has 1 atom stereocenters. The molecule has 1 unspecified atom stereocenters. The van der Waals surface area contributed by atoms with Crippen LogP contribution in [0.25, 0.3) is 11.2 Å². The molecule has 88 valence electrons. The molecule has 3 heteroatoms. The SMILES string of the molecule is c1ccc2c(c1)CCC2n1cnc2cccnc21. The average molecular weight is 235 g/mol. The van der Waals surface area contributed by atoms with Gasteiger partial charge in [-0.3, -0.25) is 0 Å². The molecule has 0 saturated carbocycles. The Morgan fingerprint density at radius 3 is 3.00 bits per heavy atom. The average Bonchev–Trinajstić information content (AvgIpc) is 3.01. The van der Waals surface area contributed by atoms with Crippen molar-refractivity contribution < 1.29 is 0 Å². The Hall–Kier alpha value is -2.16. The van der Waals surface area contributed by atoms with Gasteiger partial charge in [0.2, 0.25) is 0 Å². The van der Waals surface area contributed by atoms with Crippen LogP contribution >= 0.6 is 0 Å². The lowest BCUT2D eigenvalue weighted by Crippen LogP contribution is -2.06. The van der Waals surface area contributed by atoms with E-state index in [1.54, 1.807) is 0 Å². The molecule has 18 heavy (non-hydrogen) atoms. The molecule has 0 fully saturated rings. The van der Waals surface area contributed by atoms with Gasteiger partial charge >= 0.3 is 0 Å². The number of benzene rings is 1. The molecule has 0 aliphatic heterocycles.